The van der Waals surface area contributed by atoms with Gasteiger partial charge in [0, 0.05) is 5.41 Å². The van der Waals surface area contributed by atoms with Gasteiger partial charge < -0.3 is 4.74 Å². The molecule has 3 rings (SSSR count). The van der Waals surface area contributed by atoms with Crippen molar-refractivity contribution in [3.63, 3.8) is 0 Å². The average molecular weight is 383 g/mol. The fourth-order valence-corrected chi connectivity index (χ4v) is 3.48. The maximum Gasteiger partial charge on any atom is 0.143 e. The third-order valence-corrected chi connectivity index (χ3v) is 5.02. The molecule has 0 spiro atoms. The Balaban J connectivity index is 2.14. The third-order valence-electron chi connectivity index (χ3n) is 5.02. The molecule has 0 atom stereocenters. The van der Waals surface area contributed by atoms with Gasteiger partial charge in [-0.15, -0.1) is 0 Å². The molecule has 0 unspecified atom stereocenters. The SMILES string of the molecule is C=C(C)/C=C/C(C)(C)COC(c1ccccc1)(c1ccccc1)c1ccccc1. The predicted molar refractivity (Wildman–Crippen MR) is 123 cm³/mol. The Morgan fingerprint density at radius 2 is 1.14 bits per heavy atom. The highest BCUT2D eigenvalue weighted by Gasteiger charge is 2.38. The maximum atomic E-state index is 6.90. The van der Waals surface area contributed by atoms with Crippen LogP contribution in [0, 0.1) is 5.41 Å². The molecular formula is C28H30O. The summed E-state index contributed by atoms with van der Waals surface area (Å²) < 4.78 is 6.90. The molecule has 0 N–H and O–H groups in total. The van der Waals surface area contributed by atoms with Crippen molar-refractivity contribution in [2.24, 2.45) is 5.41 Å². The molecule has 0 radical (unpaired) electrons. The molecule has 0 saturated carbocycles. The van der Waals surface area contributed by atoms with Crippen LogP contribution in [0.3, 0.4) is 0 Å². The molecule has 0 aromatic heterocycles. The third kappa shape index (κ3) is 4.93. The summed E-state index contributed by atoms with van der Waals surface area (Å²) in [7, 11) is 0. The first-order chi connectivity index (χ1) is 13.9. The summed E-state index contributed by atoms with van der Waals surface area (Å²) in [4.78, 5) is 0. The summed E-state index contributed by atoms with van der Waals surface area (Å²) in [5.74, 6) is 0. The minimum absolute atomic E-state index is 0.136. The van der Waals surface area contributed by atoms with Gasteiger partial charge in [0.25, 0.3) is 0 Å². The van der Waals surface area contributed by atoms with Crippen molar-refractivity contribution < 1.29 is 4.74 Å². The van der Waals surface area contributed by atoms with Gasteiger partial charge in [-0.3, -0.25) is 0 Å². The van der Waals surface area contributed by atoms with Crippen LogP contribution in [-0.2, 0) is 10.3 Å². The highest BCUT2D eigenvalue weighted by Crippen LogP contribution is 2.41. The van der Waals surface area contributed by atoms with E-state index in [1.165, 1.54) is 0 Å². The second kappa shape index (κ2) is 9.07. The quantitative estimate of drug-likeness (QED) is 0.297. The zero-order valence-corrected chi connectivity index (χ0v) is 17.6. The lowest BCUT2D eigenvalue weighted by Crippen LogP contribution is -2.36. The van der Waals surface area contributed by atoms with Crippen LogP contribution >= 0.6 is 0 Å². The highest BCUT2D eigenvalue weighted by molar-refractivity contribution is 5.47. The lowest BCUT2D eigenvalue weighted by molar-refractivity contribution is -0.0184. The first-order valence-electron chi connectivity index (χ1n) is 10.1. The van der Waals surface area contributed by atoms with E-state index in [2.05, 4.69) is 105 Å². The Hall–Kier alpha value is -2.90. The summed E-state index contributed by atoms with van der Waals surface area (Å²) in [6.45, 7) is 10.9. The van der Waals surface area contributed by atoms with Gasteiger partial charge in [0.05, 0.1) is 6.61 Å². The van der Waals surface area contributed by atoms with Gasteiger partial charge >= 0.3 is 0 Å². The number of hydrogen-bond acceptors (Lipinski definition) is 1. The monoisotopic (exact) mass is 382 g/mol. The van der Waals surface area contributed by atoms with E-state index in [0.717, 1.165) is 22.3 Å². The molecule has 0 amide bonds. The topological polar surface area (TPSA) is 9.23 Å². The molecule has 0 bridgehead atoms. The minimum atomic E-state index is -0.682. The number of ether oxygens (including phenoxy) is 1. The molecule has 1 nitrogen and oxygen atoms in total. The standard InChI is InChI=1S/C28H30O/c1-23(2)20-21-27(3,4)22-29-28(24-14-8-5-9-15-24,25-16-10-6-11-17-25)26-18-12-7-13-19-26/h5-21H,1,22H2,2-4H3/b21-20+. The van der Waals surface area contributed by atoms with Gasteiger partial charge in [0.2, 0.25) is 0 Å². The number of benzene rings is 3. The van der Waals surface area contributed by atoms with Crippen LogP contribution in [0.5, 0.6) is 0 Å². The van der Waals surface area contributed by atoms with Gasteiger partial charge in [-0.05, 0) is 23.6 Å². The smallest absolute Gasteiger partial charge is 0.143 e. The molecule has 0 aliphatic carbocycles. The Labute approximate surface area is 175 Å². The molecule has 148 valence electrons. The number of hydrogen-bond donors (Lipinski definition) is 0. The highest BCUT2D eigenvalue weighted by atomic mass is 16.5. The molecule has 1 heteroatoms. The second-order valence-corrected chi connectivity index (χ2v) is 8.24. The van der Waals surface area contributed by atoms with E-state index in [9.17, 15) is 0 Å². The van der Waals surface area contributed by atoms with Gasteiger partial charge in [-0.25, -0.2) is 0 Å². The van der Waals surface area contributed by atoms with Gasteiger partial charge in [-0.2, -0.15) is 0 Å². The lowest BCUT2D eigenvalue weighted by Gasteiger charge is -2.38. The fourth-order valence-electron chi connectivity index (χ4n) is 3.48. The first kappa shape index (κ1) is 20.8. The van der Waals surface area contributed by atoms with Crippen molar-refractivity contribution in [2.45, 2.75) is 26.4 Å². The molecule has 0 aliphatic heterocycles. The van der Waals surface area contributed by atoms with E-state index in [4.69, 9.17) is 4.74 Å². The van der Waals surface area contributed by atoms with E-state index in [-0.39, 0.29) is 5.41 Å². The molecule has 29 heavy (non-hydrogen) atoms. The molecule has 0 fully saturated rings. The first-order valence-corrected chi connectivity index (χ1v) is 10.1. The molecule has 3 aromatic rings. The largest absolute Gasteiger partial charge is 0.360 e. The Morgan fingerprint density at radius 1 is 0.759 bits per heavy atom. The van der Waals surface area contributed by atoms with E-state index < -0.39 is 5.60 Å². The lowest BCUT2D eigenvalue weighted by atomic mass is 9.79. The Bertz CT molecular complexity index is 841. The fraction of sp³-hybridized carbons (Fsp3) is 0.214. The zero-order valence-electron chi connectivity index (χ0n) is 17.6. The van der Waals surface area contributed by atoms with Crippen molar-refractivity contribution in [3.8, 4) is 0 Å². The summed E-state index contributed by atoms with van der Waals surface area (Å²) in [5.41, 5.74) is 3.59. The second-order valence-electron chi connectivity index (χ2n) is 8.24. The van der Waals surface area contributed by atoms with Crippen molar-refractivity contribution in [2.75, 3.05) is 6.61 Å². The van der Waals surface area contributed by atoms with Crippen LogP contribution in [-0.4, -0.2) is 6.61 Å². The van der Waals surface area contributed by atoms with Crippen molar-refractivity contribution in [1.82, 2.24) is 0 Å². The number of rotatable bonds is 8. The molecular weight excluding hydrogens is 352 g/mol. The molecule has 0 saturated heterocycles. The summed E-state index contributed by atoms with van der Waals surface area (Å²) in [5, 5.41) is 0. The molecule has 0 aliphatic rings. The average Bonchev–Trinajstić information content (AvgIpc) is 2.75. The number of allylic oxidation sites excluding steroid dienone is 2. The van der Waals surface area contributed by atoms with Gasteiger partial charge in [-0.1, -0.05) is 129 Å². The van der Waals surface area contributed by atoms with Crippen LogP contribution in [0.25, 0.3) is 0 Å². The van der Waals surface area contributed by atoms with Crippen molar-refractivity contribution in [1.29, 1.82) is 0 Å². The molecule has 0 heterocycles. The van der Waals surface area contributed by atoms with E-state index in [1.807, 2.05) is 25.1 Å². The van der Waals surface area contributed by atoms with Crippen LogP contribution in [0.2, 0.25) is 0 Å². The molecule has 3 aromatic carbocycles. The zero-order chi connectivity index (χ0) is 20.7. The van der Waals surface area contributed by atoms with Crippen LogP contribution < -0.4 is 0 Å². The Kier molecular flexibility index (Phi) is 6.51. The predicted octanol–water partition coefficient (Wildman–Crippen LogP) is 7.15. The van der Waals surface area contributed by atoms with Crippen LogP contribution in [0.1, 0.15) is 37.5 Å². The van der Waals surface area contributed by atoms with Crippen molar-refractivity contribution >= 4 is 0 Å². The minimum Gasteiger partial charge on any atom is -0.360 e. The van der Waals surface area contributed by atoms with E-state index in [1.54, 1.807) is 0 Å². The van der Waals surface area contributed by atoms with Crippen LogP contribution in [0.4, 0.5) is 0 Å². The van der Waals surface area contributed by atoms with Gasteiger partial charge in [0.15, 0.2) is 0 Å². The van der Waals surface area contributed by atoms with E-state index >= 15 is 0 Å². The summed E-state index contributed by atoms with van der Waals surface area (Å²) in [6.07, 6.45) is 4.25. The van der Waals surface area contributed by atoms with Crippen molar-refractivity contribution in [3.05, 3.63) is 132 Å². The van der Waals surface area contributed by atoms with Crippen LogP contribution in [0.15, 0.2) is 115 Å². The van der Waals surface area contributed by atoms with E-state index in [0.29, 0.717) is 6.61 Å². The summed E-state index contributed by atoms with van der Waals surface area (Å²) in [6, 6.07) is 31.5. The summed E-state index contributed by atoms with van der Waals surface area (Å²) >= 11 is 0. The van der Waals surface area contributed by atoms with Gasteiger partial charge in [0.1, 0.15) is 5.60 Å². The maximum absolute atomic E-state index is 6.90. The Morgan fingerprint density at radius 3 is 1.48 bits per heavy atom. The normalized spacial score (nSPS) is 12.2.